The second kappa shape index (κ2) is 8.63. The van der Waals surface area contributed by atoms with Gasteiger partial charge in [-0.2, -0.15) is 0 Å². The summed E-state index contributed by atoms with van der Waals surface area (Å²) in [6.45, 7) is 6.84. The van der Waals surface area contributed by atoms with Gasteiger partial charge in [0.1, 0.15) is 17.7 Å². The van der Waals surface area contributed by atoms with Gasteiger partial charge >= 0.3 is 5.97 Å². The highest BCUT2D eigenvalue weighted by atomic mass is 32.2. The van der Waals surface area contributed by atoms with Crippen LogP contribution in [0, 0.1) is 0 Å². The van der Waals surface area contributed by atoms with E-state index < -0.39 is 6.04 Å². The molecule has 0 spiro atoms. The van der Waals surface area contributed by atoms with E-state index in [0.29, 0.717) is 17.6 Å². The number of thioether (sulfide) groups is 1. The maximum absolute atomic E-state index is 11.6. The van der Waals surface area contributed by atoms with Gasteiger partial charge in [0.15, 0.2) is 5.16 Å². The third kappa shape index (κ3) is 5.24. The van der Waals surface area contributed by atoms with Crippen LogP contribution in [0.25, 0.3) is 0 Å². The number of carbonyl (C=O) groups is 1. The topological polar surface area (TPSA) is 76.1 Å². The molecule has 6 nitrogen and oxygen atoms in total. The number of nitrogens with zero attached hydrogens (tertiary/aromatic N) is 2. The first-order valence-corrected chi connectivity index (χ1v) is 7.93. The Bertz CT molecular complexity index is 442. The Morgan fingerprint density at radius 1 is 1.40 bits per heavy atom. The van der Waals surface area contributed by atoms with E-state index in [2.05, 4.69) is 27.5 Å². The van der Waals surface area contributed by atoms with Gasteiger partial charge in [0, 0.05) is 12.6 Å². The molecule has 0 radical (unpaired) electrons. The van der Waals surface area contributed by atoms with Gasteiger partial charge in [-0.1, -0.05) is 18.7 Å². The van der Waals surface area contributed by atoms with Gasteiger partial charge in [0.25, 0.3) is 0 Å². The minimum atomic E-state index is -0.446. The van der Waals surface area contributed by atoms with Crippen LogP contribution in [0.3, 0.4) is 0 Å². The van der Waals surface area contributed by atoms with Crippen LogP contribution in [-0.2, 0) is 9.53 Å². The molecule has 1 atom stereocenters. The predicted molar refractivity (Wildman–Crippen MR) is 82.3 cm³/mol. The average molecular weight is 298 g/mol. The van der Waals surface area contributed by atoms with Crippen molar-refractivity contribution < 1.29 is 9.53 Å². The van der Waals surface area contributed by atoms with E-state index in [1.54, 1.807) is 19.9 Å². The largest absolute Gasteiger partial charge is 0.464 e. The third-order valence-electron chi connectivity index (χ3n) is 2.45. The minimum absolute atomic E-state index is 0.292. The second-order valence-corrected chi connectivity index (χ2v) is 4.94. The lowest BCUT2D eigenvalue weighted by Gasteiger charge is -2.14. The van der Waals surface area contributed by atoms with Crippen molar-refractivity contribution in [2.24, 2.45) is 0 Å². The molecule has 0 saturated carbocycles. The molecule has 2 N–H and O–H groups in total. The average Bonchev–Trinajstić information content (AvgIpc) is 2.45. The summed E-state index contributed by atoms with van der Waals surface area (Å²) in [7, 11) is 0. The fraction of sp³-hybridized carbons (Fsp3) is 0.615. The van der Waals surface area contributed by atoms with Crippen molar-refractivity contribution in [1.82, 2.24) is 9.97 Å². The molecule has 1 aromatic rings. The molecule has 20 heavy (non-hydrogen) atoms. The summed E-state index contributed by atoms with van der Waals surface area (Å²) in [6, 6.07) is 1.35. The van der Waals surface area contributed by atoms with Gasteiger partial charge in [-0.15, -0.1) is 0 Å². The number of carbonyl (C=O) groups excluding carboxylic acids is 1. The standard InChI is InChI=1S/C13H22N4O2S/c1-5-7-14-10-8-11(17-13(16-10)20-4)15-9(3)12(18)19-6-2/h8-9H,5-7H2,1-4H3,(H2,14,15,16,17). The number of hydrogen-bond acceptors (Lipinski definition) is 7. The summed E-state index contributed by atoms with van der Waals surface area (Å²) in [5.41, 5.74) is 0. The van der Waals surface area contributed by atoms with Crippen molar-refractivity contribution in [2.45, 2.75) is 38.4 Å². The highest BCUT2D eigenvalue weighted by Gasteiger charge is 2.15. The molecular formula is C13H22N4O2S. The van der Waals surface area contributed by atoms with E-state index >= 15 is 0 Å². The van der Waals surface area contributed by atoms with Crippen LogP contribution in [-0.4, -0.2) is 41.4 Å². The van der Waals surface area contributed by atoms with Crippen LogP contribution in [0.5, 0.6) is 0 Å². The summed E-state index contributed by atoms with van der Waals surface area (Å²) >= 11 is 1.46. The van der Waals surface area contributed by atoms with E-state index in [-0.39, 0.29) is 5.97 Å². The first-order chi connectivity index (χ1) is 9.60. The summed E-state index contributed by atoms with van der Waals surface area (Å²) in [6.07, 6.45) is 2.93. The van der Waals surface area contributed by atoms with Crippen LogP contribution in [0.2, 0.25) is 0 Å². The number of esters is 1. The fourth-order valence-corrected chi connectivity index (χ4v) is 1.86. The lowest BCUT2D eigenvalue weighted by Crippen LogP contribution is -2.28. The number of hydrogen-bond donors (Lipinski definition) is 2. The van der Waals surface area contributed by atoms with Crippen molar-refractivity contribution in [3.05, 3.63) is 6.07 Å². The Kier molecular flexibility index (Phi) is 7.14. The molecule has 0 aliphatic rings. The summed E-state index contributed by atoms with van der Waals surface area (Å²) in [5.74, 6) is 1.08. The van der Waals surface area contributed by atoms with Crippen molar-refractivity contribution in [3.8, 4) is 0 Å². The van der Waals surface area contributed by atoms with Crippen molar-refractivity contribution >= 4 is 29.4 Å². The molecular weight excluding hydrogens is 276 g/mol. The number of nitrogens with one attached hydrogen (secondary N) is 2. The normalized spacial score (nSPS) is 11.8. The van der Waals surface area contributed by atoms with Gasteiger partial charge < -0.3 is 15.4 Å². The Labute approximate surface area is 124 Å². The highest BCUT2D eigenvalue weighted by molar-refractivity contribution is 7.98. The van der Waals surface area contributed by atoms with Gasteiger partial charge in [-0.3, -0.25) is 0 Å². The van der Waals surface area contributed by atoms with E-state index in [1.165, 1.54) is 11.8 Å². The van der Waals surface area contributed by atoms with E-state index in [4.69, 9.17) is 4.74 Å². The predicted octanol–water partition coefficient (Wildman–Crippen LogP) is 2.38. The highest BCUT2D eigenvalue weighted by Crippen LogP contribution is 2.18. The maximum Gasteiger partial charge on any atom is 0.328 e. The van der Waals surface area contributed by atoms with E-state index in [1.807, 2.05) is 6.26 Å². The van der Waals surface area contributed by atoms with Gasteiger partial charge in [-0.05, 0) is 26.5 Å². The van der Waals surface area contributed by atoms with Crippen LogP contribution < -0.4 is 10.6 Å². The lowest BCUT2D eigenvalue weighted by atomic mass is 10.3. The van der Waals surface area contributed by atoms with Crippen LogP contribution in [0.4, 0.5) is 11.6 Å². The summed E-state index contributed by atoms with van der Waals surface area (Å²) in [4.78, 5) is 20.3. The Hall–Kier alpha value is -1.50. The molecule has 1 aromatic heterocycles. The molecule has 0 amide bonds. The molecule has 1 heterocycles. The van der Waals surface area contributed by atoms with Crippen molar-refractivity contribution in [3.63, 3.8) is 0 Å². The zero-order chi connectivity index (χ0) is 15.0. The molecule has 0 fully saturated rings. The molecule has 1 unspecified atom stereocenters. The monoisotopic (exact) mass is 298 g/mol. The first kappa shape index (κ1) is 16.6. The van der Waals surface area contributed by atoms with Crippen LogP contribution in [0.15, 0.2) is 11.2 Å². The third-order valence-corrected chi connectivity index (χ3v) is 3.00. The molecule has 0 aliphatic heterocycles. The second-order valence-electron chi connectivity index (χ2n) is 4.17. The van der Waals surface area contributed by atoms with E-state index in [0.717, 1.165) is 18.8 Å². The Balaban J connectivity index is 2.79. The number of ether oxygens (including phenoxy) is 1. The molecule has 0 saturated heterocycles. The smallest absolute Gasteiger partial charge is 0.328 e. The Morgan fingerprint density at radius 2 is 2.10 bits per heavy atom. The summed E-state index contributed by atoms with van der Waals surface area (Å²) < 4.78 is 4.96. The van der Waals surface area contributed by atoms with Crippen molar-refractivity contribution in [2.75, 3.05) is 30.0 Å². The quantitative estimate of drug-likeness (QED) is 0.433. The molecule has 0 aromatic carbocycles. The number of aromatic nitrogens is 2. The Morgan fingerprint density at radius 3 is 2.70 bits per heavy atom. The first-order valence-electron chi connectivity index (χ1n) is 6.70. The lowest BCUT2D eigenvalue weighted by molar-refractivity contribution is -0.143. The molecule has 0 aliphatic carbocycles. The molecule has 0 bridgehead atoms. The minimum Gasteiger partial charge on any atom is -0.464 e. The van der Waals surface area contributed by atoms with Gasteiger partial charge in [0.2, 0.25) is 0 Å². The van der Waals surface area contributed by atoms with E-state index in [9.17, 15) is 4.79 Å². The van der Waals surface area contributed by atoms with Gasteiger partial charge in [-0.25, -0.2) is 14.8 Å². The zero-order valence-electron chi connectivity index (χ0n) is 12.4. The number of anilines is 2. The summed E-state index contributed by atoms with van der Waals surface area (Å²) in [5, 5.41) is 6.91. The van der Waals surface area contributed by atoms with Crippen molar-refractivity contribution in [1.29, 1.82) is 0 Å². The van der Waals surface area contributed by atoms with Gasteiger partial charge in [0.05, 0.1) is 6.61 Å². The SMILES string of the molecule is CCCNc1cc(NC(C)C(=O)OCC)nc(SC)n1. The fourth-order valence-electron chi connectivity index (χ4n) is 1.48. The molecule has 112 valence electrons. The number of rotatable bonds is 8. The molecule has 1 rings (SSSR count). The maximum atomic E-state index is 11.6. The van der Waals surface area contributed by atoms with Crippen LogP contribution in [0.1, 0.15) is 27.2 Å². The van der Waals surface area contributed by atoms with Crippen LogP contribution >= 0.6 is 11.8 Å². The zero-order valence-corrected chi connectivity index (χ0v) is 13.2. The molecule has 7 heteroatoms.